The van der Waals surface area contributed by atoms with Gasteiger partial charge in [-0.3, -0.25) is 0 Å². The van der Waals surface area contributed by atoms with Crippen LogP contribution in [-0.2, 0) is 6.54 Å². The molecule has 0 radical (unpaired) electrons. The SMILES string of the molecule is CN(C)CC(c1ccccc1)N(Cc1ccccc1)c1cccc(Cl)c1. The van der Waals surface area contributed by atoms with Crippen molar-refractivity contribution >= 4 is 17.3 Å². The molecule has 0 aliphatic rings. The van der Waals surface area contributed by atoms with Crippen LogP contribution in [-0.4, -0.2) is 25.5 Å². The Labute approximate surface area is 161 Å². The first-order chi connectivity index (χ1) is 12.6. The topological polar surface area (TPSA) is 6.48 Å². The van der Waals surface area contributed by atoms with E-state index in [1.807, 2.05) is 12.1 Å². The standard InChI is InChI=1S/C23H25ClN2/c1-25(2)18-23(20-12-7-4-8-13-20)26(17-19-10-5-3-6-11-19)22-15-9-14-21(24)16-22/h3-16,23H,17-18H2,1-2H3. The molecule has 3 aromatic carbocycles. The maximum absolute atomic E-state index is 6.31. The second-order valence-electron chi connectivity index (χ2n) is 6.78. The Balaban J connectivity index is 2.03. The first-order valence-corrected chi connectivity index (χ1v) is 9.27. The van der Waals surface area contributed by atoms with Crippen LogP contribution in [0.25, 0.3) is 0 Å². The molecule has 0 aliphatic carbocycles. The number of hydrogen-bond donors (Lipinski definition) is 0. The summed E-state index contributed by atoms with van der Waals surface area (Å²) in [5.41, 5.74) is 3.72. The Hall–Kier alpha value is -2.29. The van der Waals surface area contributed by atoms with Gasteiger partial charge in [0.25, 0.3) is 0 Å². The second kappa shape index (κ2) is 8.88. The molecule has 0 heterocycles. The van der Waals surface area contributed by atoms with E-state index in [9.17, 15) is 0 Å². The van der Waals surface area contributed by atoms with Gasteiger partial charge in [-0.15, -0.1) is 0 Å². The van der Waals surface area contributed by atoms with E-state index in [1.165, 1.54) is 11.1 Å². The van der Waals surface area contributed by atoms with Crippen molar-refractivity contribution in [2.24, 2.45) is 0 Å². The van der Waals surface area contributed by atoms with E-state index in [1.54, 1.807) is 0 Å². The minimum Gasteiger partial charge on any atom is -0.359 e. The van der Waals surface area contributed by atoms with Crippen LogP contribution in [0.1, 0.15) is 17.2 Å². The average molecular weight is 365 g/mol. The van der Waals surface area contributed by atoms with Crippen LogP contribution in [0.4, 0.5) is 5.69 Å². The molecule has 2 nitrogen and oxygen atoms in total. The van der Waals surface area contributed by atoms with Gasteiger partial charge in [0.2, 0.25) is 0 Å². The number of hydrogen-bond acceptors (Lipinski definition) is 2. The predicted octanol–water partition coefficient (Wildman–Crippen LogP) is 5.65. The third kappa shape index (κ3) is 4.87. The van der Waals surface area contributed by atoms with Crippen LogP contribution in [0.3, 0.4) is 0 Å². The maximum Gasteiger partial charge on any atom is 0.0673 e. The highest BCUT2D eigenvalue weighted by Crippen LogP contribution is 2.31. The molecule has 0 spiro atoms. The molecule has 134 valence electrons. The first kappa shape index (κ1) is 18.5. The van der Waals surface area contributed by atoms with Crippen LogP contribution in [0, 0.1) is 0 Å². The van der Waals surface area contributed by atoms with E-state index in [0.717, 1.165) is 23.8 Å². The molecule has 0 N–H and O–H groups in total. The number of benzene rings is 3. The molecule has 1 atom stereocenters. The van der Waals surface area contributed by atoms with Gasteiger partial charge in [-0.05, 0) is 43.4 Å². The smallest absolute Gasteiger partial charge is 0.0673 e. The first-order valence-electron chi connectivity index (χ1n) is 8.89. The van der Waals surface area contributed by atoms with Crippen molar-refractivity contribution in [3.05, 3.63) is 101 Å². The minimum absolute atomic E-state index is 0.227. The summed E-state index contributed by atoms with van der Waals surface area (Å²) in [6.45, 7) is 1.75. The molecule has 0 saturated carbocycles. The molecule has 3 heteroatoms. The highest BCUT2D eigenvalue weighted by molar-refractivity contribution is 6.30. The highest BCUT2D eigenvalue weighted by Gasteiger charge is 2.22. The third-order valence-electron chi connectivity index (χ3n) is 4.43. The van der Waals surface area contributed by atoms with Crippen molar-refractivity contribution in [3.63, 3.8) is 0 Å². The summed E-state index contributed by atoms with van der Waals surface area (Å²) in [4.78, 5) is 4.68. The molecule has 0 amide bonds. The molecule has 0 bridgehead atoms. The monoisotopic (exact) mass is 364 g/mol. The summed E-state index contributed by atoms with van der Waals surface area (Å²) in [6, 6.07) is 29.7. The predicted molar refractivity (Wildman–Crippen MR) is 112 cm³/mol. The quantitative estimate of drug-likeness (QED) is 0.534. The average Bonchev–Trinajstić information content (AvgIpc) is 2.66. The van der Waals surface area contributed by atoms with Crippen LogP contribution in [0.15, 0.2) is 84.9 Å². The van der Waals surface area contributed by atoms with Gasteiger partial charge in [0.1, 0.15) is 0 Å². The molecule has 26 heavy (non-hydrogen) atoms. The van der Waals surface area contributed by atoms with E-state index in [4.69, 9.17) is 11.6 Å². The van der Waals surface area contributed by atoms with E-state index in [2.05, 4.69) is 96.7 Å². The molecular formula is C23H25ClN2. The lowest BCUT2D eigenvalue weighted by molar-refractivity contribution is 0.363. The number of halogens is 1. The highest BCUT2D eigenvalue weighted by atomic mass is 35.5. The lowest BCUT2D eigenvalue weighted by Crippen LogP contribution is -2.35. The Morgan fingerprint density at radius 3 is 2.08 bits per heavy atom. The zero-order valence-corrected chi connectivity index (χ0v) is 16.1. The van der Waals surface area contributed by atoms with Gasteiger partial charge in [-0.2, -0.15) is 0 Å². The Morgan fingerprint density at radius 1 is 0.808 bits per heavy atom. The zero-order chi connectivity index (χ0) is 18.4. The van der Waals surface area contributed by atoms with Crippen molar-refractivity contribution in [2.75, 3.05) is 25.5 Å². The normalized spacial score (nSPS) is 12.2. The van der Waals surface area contributed by atoms with Crippen LogP contribution < -0.4 is 4.90 Å². The molecule has 3 aromatic rings. The Kier molecular flexibility index (Phi) is 6.32. The fourth-order valence-electron chi connectivity index (χ4n) is 3.22. The van der Waals surface area contributed by atoms with E-state index in [-0.39, 0.29) is 6.04 Å². The van der Waals surface area contributed by atoms with Crippen LogP contribution >= 0.6 is 11.6 Å². The molecule has 0 aromatic heterocycles. The number of rotatable bonds is 7. The summed E-state index contributed by atoms with van der Waals surface area (Å²) in [6.07, 6.45) is 0. The van der Waals surface area contributed by atoms with Crippen molar-refractivity contribution in [1.82, 2.24) is 4.90 Å². The third-order valence-corrected chi connectivity index (χ3v) is 4.67. The Morgan fingerprint density at radius 2 is 1.46 bits per heavy atom. The van der Waals surface area contributed by atoms with Gasteiger partial charge in [-0.1, -0.05) is 78.3 Å². The fraction of sp³-hybridized carbons (Fsp3) is 0.217. The summed E-state index contributed by atoms with van der Waals surface area (Å²) in [7, 11) is 4.24. The van der Waals surface area contributed by atoms with Gasteiger partial charge >= 0.3 is 0 Å². The fourth-order valence-corrected chi connectivity index (χ4v) is 3.41. The van der Waals surface area contributed by atoms with Crippen LogP contribution in [0.2, 0.25) is 5.02 Å². The van der Waals surface area contributed by atoms with Gasteiger partial charge in [-0.25, -0.2) is 0 Å². The van der Waals surface area contributed by atoms with Crippen molar-refractivity contribution in [1.29, 1.82) is 0 Å². The van der Waals surface area contributed by atoms with E-state index in [0.29, 0.717) is 0 Å². The molecule has 0 fully saturated rings. The zero-order valence-electron chi connectivity index (χ0n) is 15.3. The summed E-state index contributed by atoms with van der Waals surface area (Å²) < 4.78 is 0. The lowest BCUT2D eigenvalue weighted by atomic mass is 10.0. The van der Waals surface area contributed by atoms with Gasteiger partial charge in [0, 0.05) is 23.8 Å². The maximum atomic E-state index is 6.31. The van der Waals surface area contributed by atoms with Gasteiger partial charge in [0.05, 0.1) is 6.04 Å². The van der Waals surface area contributed by atoms with E-state index >= 15 is 0 Å². The van der Waals surface area contributed by atoms with Crippen molar-refractivity contribution < 1.29 is 0 Å². The number of anilines is 1. The van der Waals surface area contributed by atoms with Crippen molar-refractivity contribution in [3.8, 4) is 0 Å². The van der Waals surface area contributed by atoms with E-state index < -0.39 is 0 Å². The molecule has 0 saturated heterocycles. The van der Waals surface area contributed by atoms with Gasteiger partial charge in [0.15, 0.2) is 0 Å². The van der Waals surface area contributed by atoms with Crippen molar-refractivity contribution in [2.45, 2.75) is 12.6 Å². The molecule has 0 aliphatic heterocycles. The molecule has 3 rings (SSSR count). The number of likely N-dealkylation sites (N-methyl/N-ethyl adjacent to an activating group) is 1. The molecule has 1 unspecified atom stereocenters. The second-order valence-corrected chi connectivity index (χ2v) is 7.22. The summed E-state index contributed by atoms with van der Waals surface area (Å²) in [5.74, 6) is 0. The lowest BCUT2D eigenvalue weighted by Gasteiger charge is -2.36. The summed E-state index contributed by atoms with van der Waals surface area (Å²) in [5, 5.41) is 0.761. The number of nitrogens with zero attached hydrogens (tertiary/aromatic N) is 2. The Bertz CT molecular complexity index is 803. The van der Waals surface area contributed by atoms with Crippen LogP contribution in [0.5, 0.6) is 0 Å². The minimum atomic E-state index is 0.227. The largest absolute Gasteiger partial charge is 0.359 e. The summed E-state index contributed by atoms with van der Waals surface area (Å²) >= 11 is 6.31. The molecular weight excluding hydrogens is 340 g/mol. The van der Waals surface area contributed by atoms with Gasteiger partial charge < -0.3 is 9.80 Å².